The lowest BCUT2D eigenvalue weighted by Crippen LogP contribution is -2.66. The van der Waals surface area contributed by atoms with Crippen molar-refractivity contribution in [2.75, 3.05) is 104 Å². The van der Waals surface area contributed by atoms with E-state index in [4.69, 9.17) is 71.1 Å². The number of rotatable bonds is 48. The molecule has 2 aliphatic heterocycles. The molecule has 103 heavy (non-hydrogen) atoms. The largest absolute Gasteiger partial charge is 0.463 e. The Hall–Kier alpha value is -8.77. The first kappa shape index (κ1) is 86.6. The number of nitrogens with one attached hydrogen (secondary N) is 6. The third kappa shape index (κ3) is 36.3. The first-order valence-electron chi connectivity index (χ1n) is 34.1. The molecule has 2 unspecified atom stereocenters. The first-order chi connectivity index (χ1) is 49.3. The smallest absolute Gasteiger partial charge is 0.306 e. The Kier molecular flexibility index (Phi) is 41.2. The highest BCUT2D eigenvalue weighted by Crippen LogP contribution is 2.30. The fraction of sp³-hybridized carbons (Fsp3) is 0.638. The number of carbonyl (C=O) groups excluding carboxylic acids is 13. The monoisotopic (exact) mass is 1460 g/mol. The molecule has 6 amide bonds. The van der Waals surface area contributed by atoms with Gasteiger partial charge in [-0.25, -0.2) is 0 Å². The topological polar surface area (TPSA) is 433 Å². The van der Waals surface area contributed by atoms with Crippen LogP contribution in [0.2, 0.25) is 0 Å². The van der Waals surface area contributed by atoms with Gasteiger partial charge in [-0.2, -0.15) is 0 Å². The lowest BCUT2D eigenvalue weighted by molar-refractivity contribution is -0.279. The van der Waals surface area contributed by atoms with Crippen LogP contribution >= 0.6 is 0 Å². The zero-order valence-electron chi connectivity index (χ0n) is 59.7. The predicted molar refractivity (Wildman–Crippen MR) is 358 cm³/mol. The highest BCUT2D eigenvalue weighted by molar-refractivity contribution is 6.03. The number of esters is 7. The third-order valence-corrected chi connectivity index (χ3v) is 14.9. The Balaban J connectivity index is 1.26. The Morgan fingerprint density at radius 1 is 0.408 bits per heavy atom. The summed E-state index contributed by atoms with van der Waals surface area (Å²) in [5.41, 5.74) is 1.00. The molecule has 34 nitrogen and oxygen atoms in total. The summed E-state index contributed by atoms with van der Waals surface area (Å²) in [6.07, 6.45) is -2.56. The van der Waals surface area contributed by atoms with E-state index in [1.54, 1.807) is 0 Å². The van der Waals surface area contributed by atoms with Crippen molar-refractivity contribution in [3.05, 3.63) is 65.2 Å². The summed E-state index contributed by atoms with van der Waals surface area (Å²) in [6, 6.07) is 11.2. The highest BCUT2D eigenvalue weighted by Gasteiger charge is 2.53. The zero-order valence-corrected chi connectivity index (χ0v) is 59.7. The molecule has 10 atom stereocenters. The minimum absolute atomic E-state index is 0.00342. The van der Waals surface area contributed by atoms with E-state index in [2.05, 4.69) is 31.9 Å². The normalized spacial score (nSPS) is 19.8. The molecule has 0 saturated carbocycles. The summed E-state index contributed by atoms with van der Waals surface area (Å²) < 4.78 is 83.6. The van der Waals surface area contributed by atoms with E-state index in [-0.39, 0.29) is 121 Å². The minimum atomic E-state index is -1.31. The predicted octanol–water partition coefficient (Wildman–Crippen LogP) is 2.26. The summed E-state index contributed by atoms with van der Waals surface area (Å²) in [5.74, 6) is -7.90. The Labute approximate surface area is 597 Å². The Morgan fingerprint density at radius 3 is 1.22 bits per heavy atom. The zero-order chi connectivity index (χ0) is 75.5. The highest BCUT2D eigenvalue weighted by atomic mass is 16.7. The molecule has 2 heterocycles. The summed E-state index contributed by atoms with van der Waals surface area (Å²) in [7, 11) is 0. The molecule has 4 rings (SSSR count). The van der Waals surface area contributed by atoms with E-state index in [1.165, 1.54) is 32.0 Å². The maximum atomic E-state index is 13.6. The van der Waals surface area contributed by atoms with Crippen LogP contribution in [-0.2, 0) is 130 Å². The van der Waals surface area contributed by atoms with Gasteiger partial charge in [-0.05, 0) is 36.6 Å². The van der Waals surface area contributed by atoms with Crippen molar-refractivity contribution in [1.82, 2.24) is 26.6 Å². The quantitative estimate of drug-likeness (QED) is 0.0314. The Bertz CT molecular complexity index is 2910. The first-order valence-corrected chi connectivity index (χ1v) is 34.1. The summed E-state index contributed by atoms with van der Waals surface area (Å²) in [6.45, 7) is 8.24. The molecule has 2 fully saturated rings. The second-order valence-electron chi connectivity index (χ2n) is 23.7. The SMILES string of the molecule is CC(=O)N[C@H]1C(OCCOCCOCCNC(=O)c2cc(NC(=O)CNC(=O)CCCCCCCCCCC(=O)OCc3ccccc3)cc(C(=O)NCCOCCOCCOC3O[C@H](COC(C)=O)[C@H](OC(C)=O)[C@H](OC(C)=O)[C@H]3NC(C)=O)c2)O[C@H](COC(C)=O)[C@H](OC(C)=O)[C@@H]1OC(C)=O. The van der Waals surface area contributed by atoms with Gasteiger partial charge < -0.3 is 103 Å². The van der Waals surface area contributed by atoms with Crippen LogP contribution in [0.3, 0.4) is 0 Å². The van der Waals surface area contributed by atoms with Crippen molar-refractivity contribution in [1.29, 1.82) is 0 Å². The third-order valence-electron chi connectivity index (χ3n) is 14.9. The van der Waals surface area contributed by atoms with Gasteiger partial charge in [-0.1, -0.05) is 68.9 Å². The summed E-state index contributed by atoms with van der Waals surface area (Å²) in [4.78, 5) is 162. The second kappa shape index (κ2) is 49.0. The minimum Gasteiger partial charge on any atom is -0.463 e. The average molecular weight is 1460 g/mol. The molecule has 34 heteroatoms. The molecule has 2 saturated heterocycles. The number of anilines is 1. The number of hydrogen-bond donors (Lipinski definition) is 6. The number of hydrogen-bond acceptors (Lipinski definition) is 28. The lowest BCUT2D eigenvalue weighted by Gasteiger charge is -2.44. The van der Waals surface area contributed by atoms with Gasteiger partial charge in [0.15, 0.2) is 37.0 Å². The van der Waals surface area contributed by atoms with Crippen LogP contribution in [-0.4, -0.2) is 237 Å². The van der Waals surface area contributed by atoms with Crippen molar-refractivity contribution >= 4 is 82.9 Å². The van der Waals surface area contributed by atoms with Gasteiger partial charge in [0.1, 0.15) is 44.1 Å². The van der Waals surface area contributed by atoms with Crippen LogP contribution in [0.4, 0.5) is 5.69 Å². The molecule has 0 aliphatic carbocycles. The van der Waals surface area contributed by atoms with Gasteiger partial charge in [-0.15, -0.1) is 0 Å². The number of ether oxygens (including phenoxy) is 15. The molecule has 574 valence electrons. The number of carbonyl (C=O) groups is 13. The van der Waals surface area contributed by atoms with Crippen LogP contribution in [0.15, 0.2) is 48.5 Å². The molecule has 2 aliphatic rings. The van der Waals surface area contributed by atoms with E-state index < -0.39 is 146 Å². The van der Waals surface area contributed by atoms with Crippen LogP contribution in [0.5, 0.6) is 0 Å². The van der Waals surface area contributed by atoms with Crippen LogP contribution in [0.1, 0.15) is 146 Å². The van der Waals surface area contributed by atoms with E-state index in [9.17, 15) is 62.3 Å². The van der Waals surface area contributed by atoms with Gasteiger partial charge in [0.2, 0.25) is 23.6 Å². The summed E-state index contributed by atoms with van der Waals surface area (Å²) >= 11 is 0. The molecular formula is C69H100N6O28. The van der Waals surface area contributed by atoms with E-state index in [1.807, 2.05) is 30.3 Å². The number of amides is 6. The molecule has 0 radical (unpaired) electrons. The number of unbranched alkanes of at least 4 members (excludes halogenated alkanes) is 7. The fourth-order valence-corrected chi connectivity index (χ4v) is 10.5. The van der Waals surface area contributed by atoms with Crippen molar-refractivity contribution in [2.45, 2.75) is 187 Å². The van der Waals surface area contributed by atoms with Crippen LogP contribution < -0.4 is 31.9 Å². The Morgan fingerprint density at radius 2 is 0.806 bits per heavy atom. The molecule has 2 aromatic rings. The summed E-state index contributed by atoms with van der Waals surface area (Å²) in [5, 5.41) is 15.9. The molecular weight excluding hydrogens is 1360 g/mol. The molecule has 0 aromatic heterocycles. The van der Waals surface area contributed by atoms with Gasteiger partial charge >= 0.3 is 41.8 Å². The standard InChI is InChI=1S/C69H100N6O28/c1-43(76)73-60-64(100-49(7)82)62(98-47(5)80)55(41-95-45(3)78)102-68(60)93-34-32-91-30-28-89-26-24-70-66(87)52-36-53(38-54(37-52)75-58(85)39-72-57(84)22-18-13-11-9-10-12-14-19-23-59(86)97-40-51-20-16-15-17-21-51)67(88)71-25-27-90-29-31-92-33-35-94-69-61(74-44(2)77)65(101-50(8)83)63(99-48(6)81)56(103-69)42-96-46(4)79/h15-17,20-21,36-38,55-56,60-65,68-69H,9-14,18-19,22-35,39-42H2,1-8H3,(H,70,87)(H,71,88)(H,72,84)(H,73,76)(H,74,77)(H,75,85)/t55-,56-,60-,61-,62+,63+,64-,65-,68?,69?/m1/s1. The van der Waals surface area contributed by atoms with E-state index >= 15 is 0 Å². The van der Waals surface area contributed by atoms with Crippen molar-refractivity contribution in [3.8, 4) is 0 Å². The van der Waals surface area contributed by atoms with Crippen molar-refractivity contribution < 1.29 is 133 Å². The maximum absolute atomic E-state index is 13.6. The number of benzene rings is 2. The molecule has 0 bridgehead atoms. The van der Waals surface area contributed by atoms with Crippen molar-refractivity contribution in [2.24, 2.45) is 0 Å². The molecule has 6 N–H and O–H groups in total. The van der Waals surface area contributed by atoms with Gasteiger partial charge in [0, 0.05) is 98.1 Å². The van der Waals surface area contributed by atoms with E-state index in [0.717, 1.165) is 92.1 Å². The average Bonchev–Trinajstić information content (AvgIpc) is 0.796. The van der Waals surface area contributed by atoms with Gasteiger partial charge in [0.05, 0.1) is 72.6 Å². The van der Waals surface area contributed by atoms with Crippen LogP contribution in [0, 0.1) is 0 Å². The van der Waals surface area contributed by atoms with Crippen molar-refractivity contribution in [3.63, 3.8) is 0 Å². The van der Waals surface area contributed by atoms with Gasteiger partial charge in [0.25, 0.3) is 11.8 Å². The second-order valence-corrected chi connectivity index (χ2v) is 23.7. The molecule has 0 spiro atoms. The maximum Gasteiger partial charge on any atom is 0.306 e. The lowest BCUT2D eigenvalue weighted by atomic mass is 9.96. The van der Waals surface area contributed by atoms with Gasteiger partial charge in [-0.3, -0.25) is 62.3 Å². The van der Waals surface area contributed by atoms with Crippen LogP contribution in [0.25, 0.3) is 0 Å². The fourth-order valence-electron chi connectivity index (χ4n) is 10.5. The van der Waals surface area contributed by atoms with E-state index in [0.29, 0.717) is 12.8 Å². The molecule has 2 aromatic carbocycles.